The van der Waals surface area contributed by atoms with Crippen LogP contribution >= 0.6 is 11.3 Å². The van der Waals surface area contributed by atoms with E-state index in [-0.39, 0.29) is 18.2 Å². The highest BCUT2D eigenvalue weighted by molar-refractivity contribution is 7.14. The lowest BCUT2D eigenvalue weighted by Gasteiger charge is -2.19. The van der Waals surface area contributed by atoms with Crippen molar-refractivity contribution in [3.63, 3.8) is 0 Å². The van der Waals surface area contributed by atoms with Crippen molar-refractivity contribution in [3.05, 3.63) is 70.1 Å². The molecular weight excluding hydrogens is 394 g/mol. The third kappa shape index (κ3) is 5.37. The molecule has 0 fully saturated rings. The molecule has 0 radical (unpaired) electrons. The van der Waals surface area contributed by atoms with E-state index in [1.807, 2.05) is 23.6 Å². The zero-order chi connectivity index (χ0) is 20.6. The largest absolute Gasteiger partial charge is 0.484 e. The van der Waals surface area contributed by atoms with Crippen LogP contribution in [0.4, 0.5) is 10.8 Å². The Morgan fingerprint density at radius 2 is 1.90 bits per heavy atom. The predicted molar refractivity (Wildman–Crippen MR) is 110 cm³/mol. The molecule has 29 heavy (non-hydrogen) atoms. The highest BCUT2D eigenvalue weighted by Crippen LogP contribution is 2.28. The van der Waals surface area contributed by atoms with Gasteiger partial charge in [-0.1, -0.05) is 18.2 Å². The van der Waals surface area contributed by atoms with Crippen molar-refractivity contribution >= 4 is 28.1 Å². The highest BCUT2D eigenvalue weighted by atomic mass is 32.1. The number of amides is 1. The summed E-state index contributed by atoms with van der Waals surface area (Å²) >= 11 is 1.31. The van der Waals surface area contributed by atoms with Crippen molar-refractivity contribution in [2.75, 3.05) is 31.8 Å². The Bertz CT molecular complexity index is 960. The number of anilines is 1. The van der Waals surface area contributed by atoms with E-state index in [2.05, 4.69) is 4.98 Å². The van der Waals surface area contributed by atoms with Crippen LogP contribution in [0.5, 0.6) is 5.75 Å². The van der Waals surface area contributed by atoms with Gasteiger partial charge in [-0.2, -0.15) is 0 Å². The maximum absolute atomic E-state index is 12.7. The molecule has 0 bridgehead atoms. The molecule has 9 heteroatoms. The number of non-ortho nitro benzene ring substituents is 1. The SMILES string of the molecule is COCCN(C(=O)COc1ccccc1)c1nc(-c2ccc([N+](=O)[O-])cc2)cs1. The lowest BCUT2D eigenvalue weighted by molar-refractivity contribution is -0.384. The first-order chi connectivity index (χ1) is 14.1. The molecule has 150 valence electrons. The Labute approximate surface area is 171 Å². The third-order valence-corrected chi connectivity index (χ3v) is 4.89. The number of benzene rings is 2. The van der Waals surface area contributed by atoms with E-state index >= 15 is 0 Å². The van der Waals surface area contributed by atoms with Crippen LogP contribution in [0.1, 0.15) is 0 Å². The topological polar surface area (TPSA) is 94.8 Å². The Kier molecular flexibility index (Phi) is 6.88. The number of rotatable bonds is 9. The number of hydrogen-bond acceptors (Lipinski definition) is 7. The van der Waals surface area contributed by atoms with E-state index in [1.165, 1.54) is 28.4 Å². The lowest BCUT2D eigenvalue weighted by atomic mass is 10.1. The molecule has 1 heterocycles. The monoisotopic (exact) mass is 413 g/mol. The van der Waals surface area contributed by atoms with Gasteiger partial charge in [-0.05, 0) is 24.3 Å². The van der Waals surface area contributed by atoms with Crippen LogP contribution in [0.15, 0.2) is 60.0 Å². The Hall–Kier alpha value is -3.30. The predicted octanol–water partition coefficient (Wildman–Crippen LogP) is 3.78. The minimum Gasteiger partial charge on any atom is -0.484 e. The van der Waals surface area contributed by atoms with E-state index in [1.54, 1.807) is 31.4 Å². The van der Waals surface area contributed by atoms with Crippen LogP contribution in [-0.4, -0.2) is 42.7 Å². The lowest BCUT2D eigenvalue weighted by Crippen LogP contribution is -2.37. The summed E-state index contributed by atoms with van der Waals surface area (Å²) < 4.78 is 10.7. The maximum Gasteiger partial charge on any atom is 0.269 e. The van der Waals surface area contributed by atoms with E-state index in [0.29, 0.717) is 29.7 Å². The van der Waals surface area contributed by atoms with Crippen molar-refractivity contribution in [1.29, 1.82) is 0 Å². The Morgan fingerprint density at radius 3 is 2.55 bits per heavy atom. The fourth-order valence-electron chi connectivity index (χ4n) is 2.52. The van der Waals surface area contributed by atoms with Gasteiger partial charge in [0.2, 0.25) is 0 Å². The molecule has 3 aromatic rings. The van der Waals surface area contributed by atoms with Crippen molar-refractivity contribution in [3.8, 4) is 17.0 Å². The summed E-state index contributed by atoms with van der Waals surface area (Å²) in [5, 5.41) is 13.1. The van der Waals surface area contributed by atoms with Crippen LogP contribution < -0.4 is 9.64 Å². The van der Waals surface area contributed by atoms with Gasteiger partial charge in [-0.3, -0.25) is 19.8 Å². The summed E-state index contributed by atoms with van der Waals surface area (Å²) in [4.78, 5) is 29.1. The van der Waals surface area contributed by atoms with Gasteiger partial charge in [0.15, 0.2) is 11.7 Å². The summed E-state index contributed by atoms with van der Waals surface area (Å²) in [6, 6.07) is 15.2. The smallest absolute Gasteiger partial charge is 0.269 e. The van der Waals surface area contributed by atoms with Gasteiger partial charge in [-0.25, -0.2) is 4.98 Å². The number of thiazole rings is 1. The molecule has 1 amide bonds. The van der Waals surface area contributed by atoms with Gasteiger partial charge in [0, 0.05) is 30.2 Å². The molecule has 0 saturated carbocycles. The van der Waals surface area contributed by atoms with Crippen LogP contribution in [0.25, 0.3) is 11.3 Å². The first-order valence-electron chi connectivity index (χ1n) is 8.76. The summed E-state index contributed by atoms with van der Waals surface area (Å²) in [5.41, 5.74) is 1.39. The summed E-state index contributed by atoms with van der Waals surface area (Å²) in [6.07, 6.45) is 0. The maximum atomic E-state index is 12.7. The average molecular weight is 413 g/mol. The number of nitrogens with zero attached hydrogens (tertiary/aromatic N) is 3. The van der Waals surface area contributed by atoms with Crippen LogP contribution in [0.2, 0.25) is 0 Å². The molecule has 0 aliphatic carbocycles. The number of para-hydroxylation sites is 1. The van der Waals surface area contributed by atoms with Gasteiger partial charge in [0.1, 0.15) is 5.75 Å². The van der Waals surface area contributed by atoms with Gasteiger partial charge in [-0.15, -0.1) is 11.3 Å². The number of aromatic nitrogens is 1. The fourth-order valence-corrected chi connectivity index (χ4v) is 3.40. The summed E-state index contributed by atoms with van der Waals surface area (Å²) in [6.45, 7) is 0.560. The molecule has 0 atom stereocenters. The van der Waals surface area contributed by atoms with E-state index in [4.69, 9.17) is 9.47 Å². The Morgan fingerprint density at radius 1 is 1.17 bits per heavy atom. The second-order valence-electron chi connectivity index (χ2n) is 5.96. The van der Waals surface area contributed by atoms with Crippen molar-refractivity contribution in [2.24, 2.45) is 0 Å². The van der Waals surface area contributed by atoms with Crippen LogP contribution in [0.3, 0.4) is 0 Å². The van der Waals surface area contributed by atoms with Crippen LogP contribution in [-0.2, 0) is 9.53 Å². The van der Waals surface area contributed by atoms with Crippen molar-refractivity contribution in [2.45, 2.75) is 0 Å². The summed E-state index contributed by atoms with van der Waals surface area (Å²) in [7, 11) is 1.56. The third-order valence-electron chi connectivity index (χ3n) is 4.02. The Balaban J connectivity index is 1.74. The molecule has 0 unspecified atom stereocenters. The number of carbonyl (C=O) groups is 1. The van der Waals surface area contributed by atoms with E-state index in [9.17, 15) is 14.9 Å². The first-order valence-corrected chi connectivity index (χ1v) is 9.64. The highest BCUT2D eigenvalue weighted by Gasteiger charge is 2.20. The van der Waals surface area contributed by atoms with E-state index < -0.39 is 4.92 Å². The molecule has 1 aromatic heterocycles. The minimum absolute atomic E-state index is 0.0131. The average Bonchev–Trinajstić information content (AvgIpc) is 3.23. The minimum atomic E-state index is -0.450. The van der Waals surface area contributed by atoms with Crippen molar-refractivity contribution < 1.29 is 19.2 Å². The number of methoxy groups -OCH3 is 1. The molecule has 3 rings (SSSR count). The second-order valence-corrected chi connectivity index (χ2v) is 6.80. The fraction of sp³-hybridized carbons (Fsp3) is 0.200. The van der Waals surface area contributed by atoms with Gasteiger partial charge >= 0.3 is 0 Å². The molecule has 0 spiro atoms. The number of carbonyl (C=O) groups excluding carboxylic acids is 1. The van der Waals surface area contributed by atoms with Crippen LogP contribution in [0, 0.1) is 10.1 Å². The molecule has 0 aliphatic heterocycles. The van der Waals surface area contributed by atoms with Crippen molar-refractivity contribution in [1.82, 2.24) is 4.98 Å². The molecule has 0 aliphatic rings. The molecule has 8 nitrogen and oxygen atoms in total. The zero-order valence-corrected chi connectivity index (χ0v) is 16.5. The normalized spacial score (nSPS) is 10.5. The van der Waals surface area contributed by atoms with Gasteiger partial charge < -0.3 is 9.47 Å². The van der Waals surface area contributed by atoms with Gasteiger partial charge in [0.05, 0.1) is 23.8 Å². The quantitative estimate of drug-likeness (QED) is 0.391. The number of hydrogen-bond donors (Lipinski definition) is 0. The molecule has 0 N–H and O–H groups in total. The number of nitro groups is 1. The summed E-state index contributed by atoms with van der Waals surface area (Å²) in [5.74, 6) is 0.369. The molecule has 2 aromatic carbocycles. The number of nitro benzene ring substituents is 1. The first kappa shape index (κ1) is 20.4. The molecule has 0 saturated heterocycles. The van der Waals surface area contributed by atoms with E-state index in [0.717, 1.165) is 5.56 Å². The number of ether oxygens (including phenoxy) is 2. The van der Waals surface area contributed by atoms with Gasteiger partial charge in [0.25, 0.3) is 11.6 Å². The zero-order valence-electron chi connectivity index (χ0n) is 15.7. The standard InChI is InChI=1S/C20H19N3O5S/c1-27-12-11-22(19(24)13-28-17-5-3-2-4-6-17)20-21-18(14-29-20)15-7-9-16(10-8-15)23(25)26/h2-10,14H,11-13H2,1H3. The molecular formula is C20H19N3O5S. The second kappa shape index (κ2) is 9.76.